The van der Waals surface area contributed by atoms with Crippen molar-refractivity contribution in [3.8, 4) is 0 Å². The van der Waals surface area contributed by atoms with Crippen LogP contribution in [0.5, 0.6) is 0 Å². The van der Waals surface area contributed by atoms with Gasteiger partial charge in [0.05, 0.1) is 31.0 Å². The molecule has 0 unspecified atom stereocenters. The molecule has 0 aliphatic carbocycles. The van der Waals surface area contributed by atoms with E-state index in [-0.39, 0.29) is 16.8 Å². The van der Waals surface area contributed by atoms with Crippen molar-refractivity contribution >= 4 is 23.5 Å². The fourth-order valence-electron chi connectivity index (χ4n) is 4.86. The molecule has 1 aliphatic rings. The van der Waals surface area contributed by atoms with E-state index in [1.807, 2.05) is 92.0 Å². The second kappa shape index (κ2) is 16.7. The van der Waals surface area contributed by atoms with Gasteiger partial charge in [0.15, 0.2) is 5.79 Å². The highest BCUT2D eigenvalue weighted by atomic mass is 32.2. The second-order valence-electron chi connectivity index (χ2n) is 10.4. The van der Waals surface area contributed by atoms with E-state index in [0.717, 1.165) is 28.2 Å². The van der Waals surface area contributed by atoms with Gasteiger partial charge in [-0.25, -0.2) is 0 Å². The summed E-state index contributed by atoms with van der Waals surface area (Å²) in [4.78, 5) is 0. The Morgan fingerprint density at radius 1 is 0.683 bits per heavy atom. The van der Waals surface area contributed by atoms with Gasteiger partial charge in [0, 0.05) is 0 Å². The van der Waals surface area contributed by atoms with E-state index < -0.39 is 18.0 Å². The molecule has 5 nitrogen and oxygen atoms in total. The van der Waals surface area contributed by atoms with E-state index in [0.29, 0.717) is 26.4 Å². The first kappa shape index (κ1) is 32.1. The van der Waals surface area contributed by atoms with Crippen molar-refractivity contribution in [2.45, 2.75) is 82.3 Å². The molecule has 1 saturated heterocycles. The molecule has 0 amide bonds. The monoisotopic (exact) mass is 596 g/mol. The highest BCUT2D eigenvalue weighted by molar-refractivity contribution is 8.17. The Bertz CT molecular complexity index is 1060. The molecule has 0 radical (unpaired) electrons. The summed E-state index contributed by atoms with van der Waals surface area (Å²) in [6, 6.07) is 30.9. The summed E-state index contributed by atoms with van der Waals surface area (Å²) in [5, 5.41) is 0. The molecule has 41 heavy (non-hydrogen) atoms. The Kier molecular flexibility index (Phi) is 13.1. The third kappa shape index (κ3) is 10.1. The SMILES string of the molecule is CCSC(SCC)[C@@H](OCc1ccccc1)[C@@H](OCc1ccccc1)[C@H](OCc1ccccc1)[C@H]1COC(C)(C)O1. The van der Waals surface area contributed by atoms with E-state index >= 15 is 0 Å². The minimum absolute atomic E-state index is 0.146. The first-order chi connectivity index (χ1) is 20.0. The lowest BCUT2D eigenvalue weighted by Crippen LogP contribution is -2.52. The summed E-state index contributed by atoms with van der Waals surface area (Å²) >= 11 is 3.80. The molecule has 0 saturated carbocycles. The lowest BCUT2D eigenvalue weighted by atomic mass is 10.0. The smallest absolute Gasteiger partial charge is 0.163 e. The van der Waals surface area contributed by atoms with Crippen LogP contribution in [0.2, 0.25) is 0 Å². The van der Waals surface area contributed by atoms with Gasteiger partial charge in [-0.15, -0.1) is 23.5 Å². The molecule has 0 spiro atoms. The Labute approximate surface area is 254 Å². The van der Waals surface area contributed by atoms with Crippen LogP contribution in [0.25, 0.3) is 0 Å². The van der Waals surface area contributed by atoms with Crippen LogP contribution in [0.3, 0.4) is 0 Å². The Balaban J connectivity index is 1.69. The van der Waals surface area contributed by atoms with Crippen LogP contribution in [0.1, 0.15) is 44.4 Å². The number of hydrogen-bond acceptors (Lipinski definition) is 7. The van der Waals surface area contributed by atoms with Gasteiger partial charge >= 0.3 is 0 Å². The molecular formula is C34H44O5S2. The molecule has 3 aromatic rings. The van der Waals surface area contributed by atoms with Gasteiger partial charge in [0.25, 0.3) is 0 Å². The van der Waals surface area contributed by atoms with Crippen LogP contribution in [-0.4, -0.2) is 52.9 Å². The van der Waals surface area contributed by atoms with Crippen molar-refractivity contribution in [1.82, 2.24) is 0 Å². The fraction of sp³-hybridized carbons (Fsp3) is 0.471. The fourth-order valence-corrected chi connectivity index (χ4v) is 7.57. The molecule has 1 fully saturated rings. The Hall–Kier alpha value is -1.84. The van der Waals surface area contributed by atoms with Crippen molar-refractivity contribution in [3.05, 3.63) is 108 Å². The van der Waals surface area contributed by atoms with Crippen molar-refractivity contribution in [1.29, 1.82) is 0 Å². The molecular weight excluding hydrogens is 553 g/mol. The molecule has 3 aromatic carbocycles. The van der Waals surface area contributed by atoms with E-state index in [2.05, 4.69) is 50.2 Å². The van der Waals surface area contributed by atoms with E-state index in [1.54, 1.807) is 0 Å². The second-order valence-corrected chi connectivity index (χ2v) is 13.6. The summed E-state index contributed by atoms with van der Waals surface area (Å²) in [6.45, 7) is 10.1. The lowest BCUT2D eigenvalue weighted by molar-refractivity contribution is -0.199. The maximum absolute atomic E-state index is 6.87. The van der Waals surface area contributed by atoms with Gasteiger partial charge in [-0.05, 0) is 42.0 Å². The summed E-state index contributed by atoms with van der Waals surface area (Å²) in [5.41, 5.74) is 3.33. The van der Waals surface area contributed by atoms with Gasteiger partial charge < -0.3 is 23.7 Å². The van der Waals surface area contributed by atoms with Gasteiger partial charge in [-0.1, -0.05) is 105 Å². The molecule has 4 rings (SSSR count). The van der Waals surface area contributed by atoms with Gasteiger partial charge in [-0.2, -0.15) is 0 Å². The van der Waals surface area contributed by atoms with E-state index in [4.69, 9.17) is 23.7 Å². The average Bonchev–Trinajstić information content (AvgIpc) is 3.36. The van der Waals surface area contributed by atoms with E-state index in [9.17, 15) is 0 Å². The zero-order chi connectivity index (χ0) is 28.9. The lowest BCUT2D eigenvalue weighted by Gasteiger charge is -2.39. The highest BCUT2D eigenvalue weighted by Gasteiger charge is 2.46. The topological polar surface area (TPSA) is 46.2 Å². The Morgan fingerprint density at radius 3 is 1.54 bits per heavy atom. The quantitative estimate of drug-likeness (QED) is 0.148. The molecule has 0 N–H and O–H groups in total. The molecule has 1 heterocycles. The average molecular weight is 597 g/mol. The van der Waals surface area contributed by atoms with Crippen molar-refractivity contribution in [3.63, 3.8) is 0 Å². The number of ether oxygens (including phenoxy) is 5. The zero-order valence-corrected chi connectivity index (χ0v) is 26.3. The van der Waals surface area contributed by atoms with E-state index in [1.165, 1.54) is 0 Å². The standard InChI is InChI=1S/C34H44O5S2/c1-5-40-33(41-6-2)32(37-24-28-20-14-9-15-21-28)31(36-23-27-18-12-8-13-19-27)30(29-25-38-34(3,4)39-29)35-22-26-16-10-7-11-17-26/h7-21,29-33H,5-6,22-25H2,1-4H3/t29-,30-,31+,32+/m1/s1. The molecule has 7 heteroatoms. The van der Waals surface area contributed by atoms with Crippen LogP contribution in [-0.2, 0) is 43.5 Å². The molecule has 4 atom stereocenters. The molecule has 222 valence electrons. The summed E-state index contributed by atoms with van der Waals surface area (Å²) in [6.07, 6.45) is -1.40. The summed E-state index contributed by atoms with van der Waals surface area (Å²) in [5.74, 6) is 1.25. The Morgan fingerprint density at radius 2 is 1.12 bits per heavy atom. The van der Waals surface area contributed by atoms with Gasteiger partial charge in [-0.3, -0.25) is 0 Å². The molecule has 1 aliphatic heterocycles. The summed E-state index contributed by atoms with van der Waals surface area (Å²) < 4.78 is 33.1. The number of thioether (sulfide) groups is 2. The van der Waals surface area contributed by atoms with Crippen molar-refractivity contribution in [2.75, 3.05) is 18.1 Å². The summed E-state index contributed by atoms with van der Waals surface area (Å²) in [7, 11) is 0. The van der Waals surface area contributed by atoms with Crippen LogP contribution in [0.15, 0.2) is 91.0 Å². The largest absolute Gasteiger partial charge is 0.369 e. The third-order valence-corrected chi connectivity index (χ3v) is 9.51. The molecule has 0 bridgehead atoms. The third-order valence-electron chi connectivity index (χ3n) is 6.83. The van der Waals surface area contributed by atoms with Crippen LogP contribution in [0, 0.1) is 0 Å². The highest BCUT2D eigenvalue weighted by Crippen LogP contribution is 2.36. The number of hydrogen-bond donors (Lipinski definition) is 0. The normalized spacial score (nSPS) is 18.8. The van der Waals surface area contributed by atoms with Crippen molar-refractivity contribution < 1.29 is 23.7 Å². The first-order valence-electron chi connectivity index (χ1n) is 14.5. The van der Waals surface area contributed by atoms with Crippen molar-refractivity contribution in [2.24, 2.45) is 0 Å². The predicted octanol–water partition coefficient (Wildman–Crippen LogP) is 7.73. The first-order valence-corrected chi connectivity index (χ1v) is 16.6. The van der Waals surface area contributed by atoms with Crippen LogP contribution < -0.4 is 0 Å². The van der Waals surface area contributed by atoms with Crippen LogP contribution in [0.4, 0.5) is 0 Å². The maximum Gasteiger partial charge on any atom is 0.163 e. The minimum atomic E-state index is -0.695. The minimum Gasteiger partial charge on any atom is -0.369 e. The number of rotatable bonds is 17. The zero-order valence-electron chi connectivity index (χ0n) is 24.6. The predicted molar refractivity (Wildman–Crippen MR) is 170 cm³/mol. The number of benzene rings is 3. The maximum atomic E-state index is 6.87. The van der Waals surface area contributed by atoms with Gasteiger partial charge in [0.1, 0.15) is 24.4 Å². The molecule has 0 aromatic heterocycles. The van der Waals surface area contributed by atoms with Gasteiger partial charge in [0.2, 0.25) is 0 Å². The van der Waals surface area contributed by atoms with Crippen LogP contribution >= 0.6 is 23.5 Å².